The summed E-state index contributed by atoms with van der Waals surface area (Å²) in [5, 5.41) is 0. The van der Waals surface area contributed by atoms with Gasteiger partial charge in [-0.05, 0) is 51.3 Å². The van der Waals surface area contributed by atoms with Gasteiger partial charge in [0.2, 0.25) is 0 Å². The van der Waals surface area contributed by atoms with Crippen LogP contribution in [0.5, 0.6) is 0 Å². The summed E-state index contributed by atoms with van der Waals surface area (Å²) < 4.78 is 1.37. The number of halogens is 1. The predicted octanol–water partition coefficient (Wildman–Crippen LogP) is 4.75. The third-order valence-electron chi connectivity index (χ3n) is 2.93. The fourth-order valence-electron chi connectivity index (χ4n) is 2.13. The molecule has 0 saturated carbocycles. The van der Waals surface area contributed by atoms with Crippen molar-refractivity contribution in [3.8, 4) is 0 Å². The normalized spacial score (nSPS) is 17.7. The van der Waals surface area contributed by atoms with E-state index in [2.05, 4.69) is 77.2 Å². The summed E-state index contributed by atoms with van der Waals surface area (Å²) in [6.07, 6.45) is 12.0. The molecule has 0 saturated heterocycles. The molecule has 16 heavy (non-hydrogen) atoms. The average Bonchev–Trinajstić information content (AvgIpc) is 2.61. The largest absolute Gasteiger partial charge is 0.0620 e. The first kappa shape index (κ1) is 10.1. The van der Waals surface area contributed by atoms with Crippen LogP contribution in [0.1, 0.15) is 17.5 Å². The average molecular weight is 318 g/mol. The van der Waals surface area contributed by atoms with Crippen LogP contribution in [0.4, 0.5) is 0 Å². The van der Waals surface area contributed by atoms with E-state index in [9.17, 15) is 0 Å². The van der Waals surface area contributed by atoms with Crippen molar-refractivity contribution in [3.63, 3.8) is 0 Å². The highest BCUT2D eigenvalue weighted by Gasteiger charge is 2.13. The lowest BCUT2D eigenvalue weighted by molar-refractivity contribution is 1.25. The van der Waals surface area contributed by atoms with Crippen molar-refractivity contribution in [1.82, 2.24) is 0 Å². The molecule has 0 atom stereocenters. The molecule has 0 fully saturated rings. The summed E-state index contributed by atoms with van der Waals surface area (Å²) in [6, 6.07) is 8.61. The number of hydrogen-bond acceptors (Lipinski definition) is 0. The summed E-state index contributed by atoms with van der Waals surface area (Å²) in [5.74, 6) is 0. The molecule has 0 spiro atoms. The van der Waals surface area contributed by atoms with Gasteiger partial charge in [0, 0.05) is 3.58 Å². The molecule has 78 valence electrons. The number of allylic oxidation sites excluding steroid dienone is 6. The fourth-order valence-corrected chi connectivity index (χ4v) is 3.00. The predicted molar refractivity (Wildman–Crippen MR) is 78.3 cm³/mol. The van der Waals surface area contributed by atoms with Crippen molar-refractivity contribution < 1.29 is 0 Å². The third kappa shape index (κ3) is 1.69. The van der Waals surface area contributed by atoms with Crippen LogP contribution in [-0.2, 0) is 0 Å². The van der Waals surface area contributed by atoms with E-state index in [-0.39, 0.29) is 0 Å². The monoisotopic (exact) mass is 318 g/mol. The van der Waals surface area contributed by atoms with E-state index in [1.165, 1.54) is 25.9 Å². The number of rotatable bonds is 0. The number of hydrogen-bond donors (Lipinski definition) is 0. The molecule has 1 aromatic rings. The van der Waals surface area contributed by atoms with Gasteiger partial charge >= 0.3 is 0 Å². The quantitative estimate of drug-likeness (QED) is 0.606. The molecule has 0 unspecified atom stereocenters. The zero-order chi connectivity index (χ0) is 11.0. The summed E-state index contributed by atoms with van der Waals surface area (Å²) in [5.41, 5.74) is 5.49. The minimum atomic E-state index is 1.04. The Kier molecular flexibility index (Phi) is 2.56. The van der Waals surface area contributed by atoms with Crippen molar-refractivity contribution in [3.05, 3.63) is 70.8 Å². The van der Waals surface area contributed by atoms with E-state index in [0.29, 0.717) is 0 Å². The maximum absolute atomic E-state index is 2.46. The van der Waals surface area contributed by atoms with E-state index < -0.39 is 0 Å². The Balaban J connectivity index is 2.32. The second-order valence-electron chi connectivity index (χ2n) is 4.04. The third-order valence-corrected chi connectivity index (χ3v) is 4.21. The lowest BCUT2D eigenvalue weighted by Gasteiger charge is -2.05. The van der Waals surface area contributed by atoms with Crippen LogP contribution >= 0.6 is 22.6 Å². The van der Waals surface area contributed by atoms with E-state index >= 15 is 0 Å². The van der Waals surface area contributed by atoms with Gasteiger partial charge in [-0.2, -0.15) is 0 Å². The van der Waals surface area contributed by atoms with Gasteiger partial charge < -0.3 is 0 Å². The van der Waals surface area contributed by atoms with Crippen molar-refractivity contribution in [1.29, 1.82) is 0 Å². The first-order chi connectivity index (χ1) is 7.84. The van der Waals surface area contributed by atoms with E-state index in [0.717, 1.165) is 6.42 Å². The van der Waals surface area contributed by atoms with Gasteiger partial charge in [-0.3, -0.25) is 0 Å². The maximum Gasteiger partial charge on any atom is 0.0244 e. The maximum atomic E-state index is 2.46. The fraction of sp³-hybridized carbons (Fsp3) is 0.0667. The smallest absolute Gasteiger partial charge is 0.0244 e. The van der Waals surface area contributed by atoms with Crippen molar-refractivity contribution in [2.45, 2.75) is 6.42 Å². The Bertz CT molecular complexity index is 557. The minimum absolute atomic E-state index is 1.04. The molecule has 1 aromatic carbocycles. The topological polar surface area (TPSA) is 0 Å². The minimum Gasteiger partial charge on any atom is -0.0620 e. The van der Waals surface area contributed by atoms with Crippen molar-refractivity contribution in [2.75, 3.05) is 0 Å². The van der Waals surface area contributed by atoms with Gasteiger partial charge in [0.1, 0.15) is 0 Å². The molecule has 3 rings (SSSR count). The molecule has 0 nitrogen and oxygen atoms in total. The van der Waals surface area contributed by atoms with Crippen LogP contribution in [0, 0.1) is 0 Å². The molecule has 0 N–H and O–H groups in total. The Morgan fingerprint density at radius 2 is 1.81 bits per heavy atom. The molecule has 0 radical (unpaired) electrons. The second kappa shape index (κ2) is 4.06. The molecule has 1 heteroatoms. The van der Waals surface area contributed by atoms with E-state index in [1.807, 2.05) is 0 Å². The molecule has 0 aromatic heterocycles. The van der Waals surface area contributed by atoms with Crippen LogP contribution in [0.25, 0.3) is 9.66 Å². The molecular weight excluding hydrogens is 307 g/mol. The standard InChI is InChI=1S/C15H11I/c16-15-13-7-2-1-5-11(10-13)9-12-6-3-4-8-14(12)15/h1-9H,10H2. The first-order valence-corrected chi connectivity index (χ1v) is 6.46. The Labute approximate surface area is 109 Å². The van der Waals surface area contributed by atoms with Crippen LogP contribution in [0.3, 0.4) is 0 Å². The van der Waals surface area contributed by atoms with Crippen LogP contribution in [0.15, 0.2) is 59.7 Å². The van der Waals surface area contributed by atoms with E-state index in [4.69, 9.17) is 0 Å². The summed E-state index contributed by atoms with van der Waals surface area (Å²) in [4.78, 5) is 0. The van der Waals surface area contributed by atoms with Gasteiger partial charge in [-0.15, -0.1) is 0 Å². The molecule has 2 aliphatic carbocycles. The molecule has 0 aliphatic heterocycles. The van der Waals surface area contributed by atoms with Crippen molar-refractivity contribution in [2.24, 2.45) is 0 Å². The molecule has 0 amide bonds. The Morgan fingerprint density at radius 3 is 2.75 bits per heavy atom. The van der Waals surface area contributed by atoms with Gasteiger partial charge in [0.15, 0.2) is 0 Å². The number of benzene rings is 1. The molecule has 0 heterocycles. The van der Waals surface area contributed by atoms with Gasteiger partial charge in [-0.25, -0.2) is 0 Å². The van der Waals surface area contributed by atoms with Gasteiger partial charge in [0.25, 0.3) is 0 Å². The Morgan fingerprint density at radius 1 is 1.00 bits per heavy atom. The highest BCUT2D eigenvalue weighted by atomic mass is 127. The SMILES string of the molecule is IC1=C2C=CC=CC(=Cc3ccccc31)C2. The van der Waals surface area contributed by atoms with E-state index in [1.54, 1.807) is 0 Å². The lowest BCUT2D eigenvalue weighted by atomic mass is 10.1. The van der Waals surface area contributed by atoms with Crippen LogP contribution in [0.2, 0.25) is 0 Å². The molecule has 2 aliphatic rings. The van der Waals surface area contributed by atoms with Crippen molar-refractivity contribution >= 4 is 32.2 Å². The molecular formula is C15H11I. The highest BCUT2D eigenvalue weighted by Crippen LogP contribution is 2.37. The summed E-state index contributed by atoms with van der Waals surface area (Å²) >= 11 is 2.46. The second-order valence-corrected chi connectivity index (χ2v) is 5.12. The zero-order valence-electron chi connectivity index (χ0n) is 8.78. The molecule has 2 bridgehead atoms. The van der Waals surface area contributed by atoms with Gasteiger partial charge in [0.05, 0.1) is 0 Å². The van der Waals surface area contributed by atoms with Gasteiger partial charge in [-0.1, -0.05) is 54.6 Å². The highest BCUT2D eigenvalue weighted by molar-refractivity contribution is 14.1. The lowest BCUT2D eigenvalue weighted by Crippen LogP contribution is -1.84. The summed E-state index contributed by atoms with van der Waals surface area (Å²) in [7, 11) is 0. The number of fused-ring (bicyclic) bond motifs is 3. The van der Waals surface area contributed by atoms with Crippen LogP contribution < -0.4 is 0 Å². The first-order valence-electron chi connectivity index (χ1n) is 5.38. The Hall–Kier alpha value is -1.09. The van der Waals surface area contributed by atoms with Crippen LogP contribution in [-0.4, -0.2) is 0 Å². The summed E-state index contributed by atoms with van der Waals surface area (Å²) in [6.45, 7) is 0. The zero-order valence-corrected chi connectivity index (χ0v) is 10.9.